The van der Waals surface area contributed by atoms with E-state index in [-0.39, 0.29) is 10.8 Å². The van der Waals surface area contributed by atoms with Crippen molar-refractivity contribution >= 4 is 15.9 Å². The summed E-state index contributed by atoms with van der Waals surface area (Å²) in [7, 11) is -3.72. The molecule has 5 aromatic rings. The van der Waals surface area contributed by atoms with E-state index in [4.69, 9.17) is 10.2 Å². The highest BCUT2D eigenvalue weighted by molar-refractivity contribution is 7.89. The number of nitrogens with one attached hydrogen (secondary N) is 1. The summed E-state index contributed by atoms with van der Waals surface area (Å²) < 4.78 is 24.7. The van der Waals surface area contributed by atoms with Gasteiger partial charge in [-0.15, -0.1) is 0 Å². The molecule has 4 aromatic carbocycles. The molecule has 0 spiro atoms. The number of rotatable bonds is 8. The second kappa shape index (κ2) is 10.8. The first-order valence-corrected chi connectivity index (χ1v) is 13.6. The van der Waals surface area contributed by atoms with Gasteiger partial charge in [-0.25, -0.2) is 18.2 Å². The summed E-state index contributed by atoms with van der Waals surface area (Å²) in [6.07, 6.45) is 0.560. The Morgan fingerprint density at radius 2 is 1.39 bits per heavy atom. The molecule has 5 rings (SSSR count). The monoisotopic (exact) mass is 522 g/mol. The van der Waals surface area contributed by atoms with Gasteiger partial charge in [-0.05, 0) is 54.4 Å². The molecule has 0 saturated heterocycles. The Morgan fingerprint density at radius 3 is 2.00 bits per heavy atom. The molecule has 0 saturated carbocycles. The van der Waals surface area contributed by atoms with Crippen LogP contribution in [-0.2, 0) is 16.4 Å². The highest BCUT2D eigenvalue weighted by Gasteiger charge is 2.14. The van der Waals surface area contributed by atoms with Crippen LogP contribution < -0.4 is 10.5 Å². The van der Waals surface area contributed by atoms with Crippen LogP contribution >= 0.6 is 0 Å². The van der Waals surface area contributed by atoms with E-state index in [0.29, 0.717) is 18.5 Å². The Balaban J connectivity index is 1.31. The highest BCUT2D eigenvalue weighted by atomic mass is 32.2. The van der Waals surface area contributed by atoms with Gasteiger partial charge in [0.25, 0.3) is 5.91 Å². The topological polar surface area (TPSA) is 107 Å². The summed E-state index contributed by atoms with van der Waals surface area (Å²) in [4.78, 5) is 12.8. The van der Waals surface area contributed by atoms with E-state index in [1.54, 1.807) is 24.3 Å². The largest absolute Gasteiger partial charge is 0.352 e. The van der Waals surface area contributed by atoms with Crippen LogP contribution in [0.4, 0.5) is 0 Å². The van der Waals surface area contributed by atoms with Gasteiger partial charge in [0.1, 0.15) is 0 Å². The average molecular weight is 523 g/mol. The van der Waals surface area contributed by atoms with E-state index in [0.717, 1.165) is 33.8 Å². The summed E-state index contributed by atoms with van der Waals surface area (Å²) in [6.45, 7) is 0.410. The number of aromatic nitrogens is 2. The minimum atomic E-state index is -3.72. The van der Waals surface area contributed by atoms with Crippen LogP contribution in [-0.4, -0.2) is 30.7 Å². The molecule has 190 valence electrons. The van der Waals surface area contributed by atoms with Gasteiger partial charge in [0.2, 0.25) is 10.0 Å². The molecule has 0 atom stereocenters. The zero-order valence-electron chi connectivity index (χ0n) is 20.5. The first kappa shape index (κ1) is 25.1. The molecule has 3 N–H and O–H groups in total. The summed E-state index contributed by atoms with van der Waals surface area (Å²) in [5.74, 6) is -0.188. The minimum absolute atomic E-state index is 0.0638. The number of primary sulfonamides is 1. The van der Waals surface area contributed by atoms with Crippen LogP contribution in [0.2, 0.25) is 0 Å². The quantitative estimate of drug-likeness (QED) is 0.304. The molecule has 7 nitrogen and oxygen atoms in total. The van der Waals surface area contributed by atoms with E-state index in [1.165, 1.54) is 12.1 Å². The first-order valence-electron chi connectivity index (χ1n) is 12.1. The lowest BCUT2D eigenvalue weighted by Crippen LogP contribution is -2.25. The lowest BCUT2D eigenvalue weighted by molar-refractivity contribution is 0.0954. The standard InChI is InChI=1S/C30H26N4O3S/c31-38(36,37)27-17-11-22(12-18-27)19-20-32-30(35)25-13-15-26(16-14-25)34-29(24-9-5-2-6-10-24)21-28(33-34)23-7-3-1-4-8-23/h1-18,21H,19-20H2,(H,32,35)(H2,31,36,37). The van der Waals surface area contributed by atoms with Crippen molar-refractivity contribution in [1.82, 2.24) is 15.1 Å². The van der Waals surface area contributed by atoms with Gasteiger partial charge < -0.3 is 5.32 Å². The normalized spacial score (nSPS) is 11.3. The average Bonchev–Trinajstić information content (AvgIpc) is 3.40. The van der Waals surface area contributed by atoms with Crippen LogP contribution in [0, 0.1) is 0 Å². The fourth-order valence-electron chi connectivity index (χ4n) is 4.16. The van der Waals surface area contributed by atoms with Crippen molar-refractivity contribution in [2.75, 3.05) is 6.54 Å². The minimum Gasteiger partial charge on any atom is -0.352 e. The molecule has 1 aromatic heterocycles. The van der Waals surface area contributed by atoms with Gasteiger partial charge in [-0.1, -0.05) is 72.8 Å². The molecular formula is C30H26N4O3S. The summed E-state index contributed by atoms with van der Waals surface area (Å²) >= 11 is 0. The smallest absolute Gasteiger partial charge is 0.251 e. The van der Waals surface area contributed by atoms with Crippen molar-refractivity contribution in [1.29, 1.82) is 0 Å². The number of nitrogens with two attached hydrogens (primary N) is 1. The third-order valence-corrected chi connectivity index (χ3v) is 7.10. The Bertz CT molecular complexity index is 1650. The Kier molecular flexibility index (Phi) is 7.17. The van der Waals surface area contributed by atoms with Crippen LogP contribution in [0.25, 0.3) is 28.2 Å². The highest BCUT2D eigenvalue weighted by Crippen LogP contribution is 2.28. The second-order valence-corrected chi connectivity index (χ2v) is 10.4. The van der Waals surface area contributed by atoms with Crippen molar-refractivity contribution in [2.24, 2.45) is 5.14 Å². The predicted octanol–water partition coefficient (Wildman–Crippen LogP) is 4.83. The van der Waals surface area contributed by atoms with E-state index >= 15 is 0 Å². The van der Waals surface area contributed by atoms with Crippen LogP contribution in [0.3, 0.4) is 0 Å². The lowest BCUT2D eigenvalue weighted by Gasteiger charge is -2.09. The second-order valence-electron chi connectivity index (χ2n) is 8.80. The Morgan fingerprint density at radius 1 is 0.789 bits per heavy atom. The fraction of sp³-hybridized carbons (Fsp3) is 0.0667. The predicted molar refractivity (Wildman–Crippen MR) is 148 cm³/mol. The van der Waals surface area contributed by atoms with Gasteiger partial charge in [-0.3, -0.25) is 4.79 Å². The van der Waals surface area contributed by atoms with E-state index in [1.807, 2.05) is 77.5 Å². The molecule has 1 amide bonds. The molecule has 38 heavy (non-hydrogen) atoms. The third kappa shape index (κ3) is 5.72. The van der Waals surface area contributed by atoms with Gasteiger partial charge in [0.15, 0.2) is 0 Å². The zero-order valence-corrected chi connectivity index (χ0v) is 21.3. The third-order valence-electron chi connectivity index (χ3n) is 6.17. The zero-order chi connectivity index (χ0) is 26.5. The number of carbonyl (C=O) groups is 1. The molecule has 0 unspecified atom stereocenters. The maximum absolute atomic E-state index is 12.7. The molecule has 1 heterocycles. The summed E-state index contributed by atoms with van der Waals surface area (Å²) in [5.41, 5.74) is 6.17. The fourth-order valence-corrected chi connectivity index (χ4v) is 4.68. The van der Waals surface area contributed by atoms with E-state index in [9.17, 15) is 13.2 Å². The number of sulfonamides is 1. The summed E-state index contributed by atoms with van der Waals surface area (Å²) in [6, 6.07) is 35.8. The van der Waals surface area contributed by atoms with Gasteiger partial charge in [0, 0.05) is 23.2 Å². The van der Waals surface area contributed by atoms with Crippen molar-refractivity contribution in [2.45, 2.75) is 11.3 Å². The molecule has 0 aliphatic rings. The Labute approximate surface area is 221 Å². The van der Waals surface area contributed by atoms with Gasteiger partial charge >= 0.3 is 0 Å². The van der Waals surface area contributed by atoms with Crippen molar-refractivity contribution < 1.29 is 13.2 Å². The first-order chi connectivity index (χ1) is 18.4. The number of amides is 1. The maximum atomic E-state index is 12.7. The number of nitrogens with zero attached hydrogens (tertiary/aromatic N) is 2. The van der Waals surface area contributed by atoms with Crippen LogP contribution in [0.5, 0.6) is 0 Å². The summed E-state index contributed by atoms with van der Waals surface area (Å²) in [5, 5.41) is 12.9. The SMILES string of the molecule is NS(=O)(=O)c1ccc(CCNC(=O)c2ccc(-n3nc(-c4ccccc4)cc3-c3ccccc3)cc2)cc1. The van der Waals surface area contributed by atoms with Crippen molar-refractivity contribution in [3.8, 4) is 28.2 Å². The van der Waals surface area contributed by atoms with Gasteiger partial charge in [0.05, 0.1) is 22.0 Å². The molecule has 0 radical (unpaired) electrons. The van der Waals surface area contributed by atoms with Crippen LogP contribution in [0.15, 0.2) is 120 Å². The lowest BCUT2D eigenvalue weighted by atomic mass is 10.1. The van der Waals surface area contributed by atoms with Crippen molar-refractivity contribution in [3.63, 3.8) is 0 Å². The Hall–Kier alpha value is -4.53. The number of carbonyl (C=O) groups excluding carboxylic acids is 1. The number of hydrogen-bond donors (Lipinski definition) is 2. The molecule has 0 fully saturated rings. The van der Waals surface area contributed by atoms with Crippen LogP contribution in [0.1, 0.15) is 15.9 Å². The number of hydrogen-bond acceptors (Lipinski definition) is 4. The molecular weight excluding hydrogens is 496 g/mol. The van der Waals surface area contributed by atoms with E-state index < -0.39 is 10.0 Å². The molecule has 0 aliphatic heterocycles. The maximum Gasteiger partial charge on any atom is 0.251 e. The molecule has 0 bridgehead atoms. The molecule has 8 heteroatoms. The van der Waals surface area contributed by atoms with Gasteiger partial charge in [-0.2, -0.15) is 5.10 Å². The van der Waals surface area contributed by atoms with Crippen molar-refractivity contribution in [3.05, 3.63) is 126 Å². The van der Waals surface area contributed by atoms with E-state index in [2.05, 4.69) is 11.4 Å². The molecule has 0 aliphatic carbocycles. The number of benzene rings is 4.